The summed E-state index contributed by atoms with van der Waals surface area (Å²) in [6, 6.07) is 8.00. The molecule has 0 aliphatic rings. The number of methoxy groups -OCH3 is 1. The number of ether oxygens (including phenoxy) is 1. The van der Waals surface area contributed by atoms with E-state index in [1.807, 2.05) is 30.0 Å². The molecule has 19 heavy (non-hydrogen) atoms. The summed E-state index contributed by atoms with van der Waals surface area (Å²) in [5.74, 6) is 3.54. The average Bonchev–Trinajstić information content (AvgIpc) is 2.38. The van der Waals surface area contributed by atoms with Crippen molar-refractivity contribution in [3.05, 3.63) is 35.0 Å². The fourth-order valence-electron chi connectivity index (χ4n) is 1.80. The summed E-state index contributed by atoms with van der Waals surface area (Å²) in [6.45, 7) is 4.44. The van der Waals surface area contributed by atoms with Crippen molar-refractivity contribution >= 4 is 34.3 Å². The molecule has 2 rings (SSSR count). The third-order valence-electron chi connectivity index (χ3n) is 2.76. The molecule has 1 heterocycles. The molecule has 102 valence electrons. The largest absolute Gasteiger partial charge is 0.497 e. The number of rotatable bonds is 5. The van der Waals surface area contributed by atoms with Gasteiger partial charge in [-0.1, -0.05) is 25.4 Å². The lowest BCUT2D eigenvalue weighted by molar-refractivity contribution is 0.415. The van der Waals surface area contributed by atoms with Gasteiger partial charge in [-0.15, -0.1) is 0 Å². The maximum absolute atomic E-state index is 6.25. The number of benzene rings is 1. The highest BCUT2D eigenvalue weighted by molar-refractivity contribution is 7.98. The van der Waals surface area contributed by atoms with Crippen molar-refractivity contribution in [2.45, 2.75) is 19.6 Å². The van der Waals surface area contributed by atoms with Crippen molar-refractivity contribution in [1.29, 1.82) is 0 Å². The Labute approximate surface area is 123 Å². The molecule has 1 aromatic carbocycles. The molecule has 1 aromatic heterocycles. The normalized spacial score (nSPS) is 11.2. The van der Waals surface area contributed by atoms with Crippen LogP contribution in [0.15, 0.2) is 24.3 Å². The monoisotopic (exact) mass is 295 g/mol. The van der Waals surface area contributed by atoms with Crippen LogP contribution < -0.4 is 4.74 Å². The number of hydrogen-bond acceptors (Lipinski definition) is 3. The highest BCUT2D eigenvalue weighted by atomic mass is 35.5. The Bertz CT molecular complexity index is 571. The third-order valence-corrected chi connectivity index (χ3v) is 4.50. The predicted octanol–water partition coefficient (Wildman–Crippen LogP) is 4.79. The maximum atomic E-state index is 6.25. The average molecular weight is 296 g/mol. The van der Waals surface area contributed by atoms with Gasteiger partial charge in [0.1, 0.15) is 10.9 Å². The van der Waals surface area contributed by atoms with E-state index in [2.05, 4.69) is 24.9 Å². The van der Waals surface area contributed by atoms with Crippen molar-refractivity contribution in [3.63, 3.8) is 0 Å². The Kier molecular flexibility index (Phi) is 4.94. The Hall–Kier alpha value is -0.930. The molecular formula is C15H18ClNOS. The maximum Gasteiger partial charge on any atom is 0.133 e. The van der Waals surface area contributed by atoms with Gasteiger partial charge < -0.3 is 4.74 Å². The molecule has 0 radical (unpaired) electrons. The Morgan fingerprint density at radius 1 is 1.32 bits per heavy atom. The minimum Gasteiger partial charge on any atom is -0.497 e. The van der Waals surface area contributed by atoms with Crippen LogP contribution in [0.25, 0.3) is 10.9 Å². The van der Waals surface area contributed by atoms with Gasteiger partial charge in [-0.3, -0.25) is 0 Å². The minimum absolute atomic E-state index is 0.594. The molecule has 0 aliphatic carbocycles. The van der Waals surface area contributed by atoms with Crippen LogP contribution in [0, 0.1) is 5.92 Å². The number of pyridine rings is 1. The zero-order chi connectivity index (χ0) is 13.8. The molecule has 2 nitrogen and oxygen atoms in total. The van der Waals surface area contributed by atoms with Crippen molar-refractivity contribution in [3.8, 4) is 5.75 Å². The van der Waals surface area contributed by atoms with Gasteiger partial charge in [-0.25, -0.2) is 4.98 Å². The molecule has 2 aromatic rings. The van der Waals surface area contributed by atoms with Crippen LogP contribution >= 0.6 is 23.4 Å². The SMILES string of the molecule is COc1ccc2cc(CSCC(C)C)c(Cl)nc2c1. The molecule has 0 bridgehead atoms. The van der Waals surface area contributed by atoms with Gasteiger partial charge in [0, 0.05) is 22.8 Å². The molecule has 4 heteroatoms. The Morgan fingerprint density at radius 2 is 2.11 bits per heavy atom. The Morgan fingerprint density at radius 3 is 2.79 bits per heavy atom. The quantitative estimate of drug-likeness (QED) is 0.741. The molecule has 0 spiro atoms. The minimum atomic E-state index is 0.594. The molecule has 0 amide bonds. The van der Waals surface area contributed by atoms with E-state index in [0.29, 0.717) is 11.1 Å². The molecule has 0 fully saturated rings. The van der Waals surface area contributed by atoms with Crippen LogP contribution in [0.5, 0.6) is 5.75 Å². The highest BCUT2D eigenvalue weighted by Crippen LogP contribution is 2.27. The van der Waals surface area contributed by atoms with Gasteiger partial charge >= 0.3 is 0 Å². The molecule has 0 N–H and O–H groups in total. The van der Waals surface area contributed by atoms with E-state index in [-0.39, 0.29) is 0 Å². The lowest BCUT2D eigenvalue weighted by Crippen LogP contribution is -1.94. The van der Waals surface area contributed by atoms with Crippen molar-refractivity contribution < 1.29 is 4.74 Å². The van der Waals surface area contributed by atoms with Gasteiger partial charge in [0.15, 0.2) is 0 Å². The number of hydrogen-bond donors (Lipinski definition) is 0. The highest BCUT2D eigenvalue weighted by Gasteiger charge is 2.06. The summed E-state index contributed by atoms with van der Waals surface area (Å²) < 4.78 is 5.20. The molecule has 0 atom stereocenters. The summed E-state index contributed by atoms with van der Waals surface area (Å²) in [5, 5.41) is 1.70. The van der Waals surface area contributed by atoms with Gasteiger partial charge in [0.2, 0.25) is 0 Å². The van der Waals surface area contributed by atoms with Crippen molar-refractivity contribution in [1.82, 2.24) is 4.98 Å². The molecular weight excluding hydrogens is 278 g/mol. The second-order valence-corrected chi connectivity index (χ2v) is 6.29. The zero-order valence-electron chi connectivity index (χ0n) is 11.4. The lowest BCUT2D eigenvalue weighted by atomic mass is 10.1. The predicted molar refractivity (Wildman–Crippen MR) is 84.3 cm³/mol. The molecule has 0 saturated carbocycles. The van der Waals surface area contributed by atoms with Crippen molar-refractivity contribution in [2.24, 2.45) is 5.92 Å². The summed E-state index contributed by atoms with van der Waals surface area (Å²) in [6.07, 6.45) is 0. The standard InChI is InChI=1S/C15H18ClNOS/c1-10(2)8-19-9-12-6-11-4-5-13(18-3)7-14(11)17-15(12)16/h4-7,10H,8-9H2,1-3H3. The van der Waals surface area contributed by atoms with Crippen molar-refractivity contribution in [2.75, 3.05) is 12.9 Å². The lowest BCUT2D eigenvalue weighted by Gasteiger charge is -2.08. The molecule has 0 unspecified atom stereocenters. The van der Waals surface area contributed by atoms with E-state index < -0.39 is 0 Å². The first-order valence-corrected chi connectivity index (χ1v) is 7.84. The van der Waals surface area contributed by atoms with Gasteiger partial charge in [0.25, 0.3) is 0 Å². The summed E-state index contributed by atoms with van der Waals surface area (Å²) >= 11 is 8.14. The number of halogens is 1. The summed E-state index contributed by atoms with van der Waals surface area (Å²) in [4.78, 5) is 4.45. The van der Waals surface area contributed by atoms with Crippen LogP contribution in [0.1, 0.15) is 19.4 Å². The van der Waals surface area contributed by atoms with E-state index in [1.54, 1.807) is 7.11 Å². The number of nitrogens with zero attached hydrogens (tertiary/aromatic N) is 1. The number of thioether (sulfide) groups is 1. The van der Waals surface area contributed by atoms with Crippen LogP contribution in [0.3, 0.4) is 0 Å². The van der Waals surface area contributed by atoms with Crippen LogP contribution in [-0.4, -0.2) is 17.8 Å². The summed E-state index contributed by atoms with van der Waals surface area (Å²) in [5.41, 5.74) is 1.98. The van der Waals surface area contributed by atoms with E-state index in [4.69, 9.17) is 16.3 Å². The smallest absolute Gasteiger partial charge is 0.133 e. The van der Waals surface area contributed by atoms with E-state index in [1.165, 1.54) is 0 Å². The van der Waals surface area contributed by atoms with Crippen LogP contribution in [0.4, 0.5) is 0 Å². The van der Waals surface area contributed by atoms with Gasteiger partial charge in [-0.05, 0) is 29.9 Å². The van der Waals surface area contributed by atoms with Gasteiger partial charge in [0.05, 0.1) is 12.6 Å². The number of fused-ring (bicyclic) bond motifs is 1. The van der Waals surface area contributed by atoms with Gasteiger partial charge in [-0.2, -0.15) is 11.8 Å². The Balaban J connectivity index is 2.23. The van der Waals surface area contributed by atoms with E-state index in [9.17, 15) is 0 Å². The second kappa shape index (κ2) is 6.49. The first-order valence-electron chi connectivity index (χ1n) is 6.31. The number of aromatic nitrogens is 1. The summed E-state index contributed by atoms with van der Waals surface area (Å²) in [7, 11) is 1.65. The fraction of sp³-hybridized carbons (Fsp3) is 0.400. The first-order chi connectivity index (χ1) is 9.10. The van der Waals surface area contributed by atoms with E-state index >= 15 is 0 Å². The first kappa shape index (κ1) is 14.5. The topological polar surface area (TPSA) is 22.1 Å². The van der Waals surface area contributed by atoms with Crippen LogP contribution in [0.2, 0.25) is 5.15 Å². The van der Waals surface area contributed by atoms with E-state index in [0.717, 1.165) is 33.7 Å². The molecule has 0 aliphatic heterocycles. The zero-order valence-corrected chi connectivity index (χ0v) is 13.0. The third kappa shape index (κ3) is 3.77. The molecule has 0 saturated heterocycles. The fourth-order valence-corrected chi connectivity index (χ4v) is 3.12. The second-order valence-electron chi connectivity index (χ2n) is 4.91. The van der Waals surface area contributed by atoms with Crippen LogP contribution in [-0.2, 0) is 5.75 Å².